The van der Waals surface area contributed by atoms with Crippen molar-refractivity contribution < 1.29 is 4.52 Å². The summed E-state index contributed by atoms with van der Waals surface area (Å²) in [6.45, 7) is 8.62. The Hall–Kier alpha value is -0.870. The number of hydrogen-bond acceptors (Lipinski definition) is 4. The third-order valence-electron chi connectivity index (χ3n) is 2.74. The van der Waals surface area contributed by atoms with Gasteiger partial charge in [-0.1, -0.05) is 5.16 Å². The van der Waals surface area contributed by atoms with Crippen LogP contribution in [0, 0.1) is 0 Å². The van der Waals surface area contributed by atoms with Crippen LogP contribution in [-0.2, 0) is 6.54 Å². The number of hydrogen-bond donors (Lipinski definition) is 1. The van der Waals surface area contributed by atoms with Crippen molar-refractivity contribution >= 4 is 0 Å². The first-order chi connectivity index (χ1) is 7.16. The molecule has 84 valence electrons. The van der Waals surface area contributed by atoms with Crippen molar-refractivity contribution in [2.45, 2.75) is 32.4 Å². The van der Waals surface area contributed by atoms with Gasteiger partial charge in [0.05, 0.1) is 12.7 Å². The summed E-state index contributed by atoms with van der Waals surface area (Å²) in [5, 5.41) is 7.27. The van der Waals surface area contributed by atoms with Gasteiger partial charge in [-0.05, 0) is 33.4 Å². The Morgan fingerprint density at radius 2 is 2.47 bits per heavy atom. The summed E-state index contributed by atoms with van der Waals surface area (Å²) < 4.78 is 5.13. The number of rotatable bonds is 2. The Bertz CT molecular complexity index is 295. The van der Waals surface area contributed by atoms with Crippen LogP contribution in [0.15, 0.2) is 16.8 Å². The molecule has 0 unspecified atom stereocenters. The van der Waals surface area contributed by atoms with Crippen molar-refractivity contribution in [3.05, 3.63) is 18.0 Å². The Kier molecular flexibility index (Phi) is 3.07. The quantitative estimate of drug-likeness (QED) is 0.796. The number of nitrogens with one attached hydrogen (secondary N) is 1. The predicted octanol–water partition coefficient (Wildman–Crippen LogP) is 1.25. The van der Waals surface area contributed by atoms with E-state index in [0.29, 0.717) is 0 Å². The molecule has 1 aromatic rings. The van der Waals surface area contributed by atoms with Gasteiger partial charge in [0.15, 0.2) is 5.76 Å². The molecule has 0 atom stereocenters. The molecule has 4 heteroatoms. The zero-order valence-electron chi connectivity index (χ0n) is 9.49. The molecule has 0 bridgehead atoms. The fraction of sp³-hybridized carbons (Fsp3) is 0.727. The SMILES string of the molecule is CC1(C)CN(Cc2ccno2)CCCN1. The first kappa shape index (κ1) is 10.6. The molecule has 2 rings (SSSR count). The van der Waals surface area contributed by atoms with E-state index >= 15 is 0 Å². The lowest BCUT2D eigenvalue weighted by atomic mass is 10.1. The van der Waals surface area contributed by atoms with E-state index in [1.54, 1.807) is 6.20 Å². The van der Waals surface area contributed by atoms with Crippen LogP contribution in [0.5, 0.6) is 0 Å². The summed E-state index contributed by atoms with van der Waals surface area (Å²) >= 11 is 0. The zero-order valence-corrected chi connectivity index (χ0v) is 9.49. The van der Waals surface area contributed by atoms with Gasteiger partial charge in [-0.3, -0.25) is 4.90 Å². The van der Waals surface area contributed by atoms with Gasteiger partial charge < -0.3 is 9.84 Å². The summed E-state index contributed by atoms with van der Waals surface area (Å²) in [7, 11) is 0. The Morgan fingerprint density at radius 3 is 3.20 bits per heavy atom. The van der Waals surface area contributed by atoms with E-state index in [0.717, 1.165) is 31.9 Å². The van der Waals surface area contributed by atoms with E-state index in [-0.39, 0.29) is 5.54 Å². The van der Waals surface area contributed by atoms with Crippen LogP contribution in [0.3, 0.4) is 0 Å². The molecule has 0 radical (unpaired) electrons. The van der Waals surface area contributed by atoms with E-state index in [1.165, 1.54) is 6.42 Å². The van der Waals surface area contributed by atoms with E-state index < -0.39 is 0 Å². The monoisotopic (exact) mass is 209 g/mol. The van der Waals surface area contributed by atoms with Crippen LogP contribution >= 0.6 is 0 Å². The van der Waals surface area contributed by atoms with E-state index in [1.807, 2.05) is 6.07 Å². The largest absolute Gasteiger partial charge is 0.360 e. The van der Waals surface area contributed by atoms with Crippen molar-refractivity contribution in [1.82, 2.24) is 15.4 Å². The van der Waals surface area contributed by atoms with Crippen LogP contribution in [0.2, 0.25) is 0 Å². The lowest BCUT2D eigenvalue weighted by molar-refractivity contribution is 0.201. The molecule has 0 amide bonds. The topological polar surface area (TPSA) is 41.3 Å². The second-order valence-electron chi connectivity index (χ2n) is 4.85. The van der Waals surface area contributed by atoms with E-state index in [2.05, 4.69) is 29.2 Å². The maximum absolute atomic E-state index is 5.13. The molecule has 1 aromatic heterocycles. The summed E-state index contributed by atoms with van der Waals surface area (Å²) in [4.78, 5) is 2.42. The second-order valence-corrected chi connectivity index (χ2v) is 4.85. The van der Waals surface area contributed by atoms with Gasteiger partial charge in [0.2, 0.25) is 0 Å². The Labute approximate surface area is 90.6 Å². The molecule has 1 N–H and O–H groups in total. The molecule has 15 heavy (non-hydrogen) atoms. The van der Waals surface area contributed by atoms with Crippen LogP contribution in [0.4, 0.5) is 0 Å². The van der Waals surface area contributed by atoms with Crippen LogP contribution in [0.1, 0.15) is 26.0 Å². The van der Waals surface area contributed by atoms with Gasteiger partial charge in [0, 0.05) is 18.2 Å². The molecule has 2 heterocycles. The minimum Gasteiger partial charge on any atom is -0.360 e. The van der Waals surface area contributed by atoms with E-state index in [9.17, 15) is 0 Å². The standard InChI is InChI=1S/C11H19N3O/c1-11(2)9-14(7-3-5-12-11)8-10-4-6-13-15-10/h4,6,12H,3,5,7-9H2,1-2H3. The average Bonchev–Trinajstić information content (AvgIpc) is 2.58. The summed E-state index contributed by atoms with van der Waals surface area (Å²) in [6, 6.07) is 1.94. The minimum absolute atomic E-state index is 0.191. The highest BCUT2D eigenvalue weighted by molar-refractivity contribution is 4.94. The predicted molar refractivity (Wildman–Crippen MR) is 58.5 cm³/mol. The second kappa shape index (κ2) is 4.33. The summed E-state index contributed by atoms with van der Waals surface area (Å²) in [6.07, 6.45) is 2.90. The van der Waals surface area contributed by atoms with Gasteiger partial charge in [0.1, 0.15) is 0 Å². The minimum atomic E-state index is 0.191. The van der Waals surface area contributed by atoms with Gasteiger partial charge in [0.25, 0.3) is 0 Å². The van der Waals surface area contributed by atoms with Gasteiger partial charge in [-0.25, -0.2) is 0 Å². The lowest BCUT2D eigenvalue weighted by Gasteiger charge is -2.29. The summed E-state index contributed by atoms with van der Waals surface area (Å²) in [5.74, 6) is 0.952. The highest BCUT2D eigenvalue weighted by atomic mass is 16.5. The Balaban J connectivity index is 1.96. The van der Waals surface area contributed by atoms with Crippen molar-refractivity contribution in [2.75, 3.05) is 19.6 Å². The lowest BCUT2D eigenvalue weighted by Crippen LogP contribution is -2.46. The average molecular weight is 209 g/mol. The van der Waals surface area contributed by atoms with Gasteiger partial charge in [-0.15, -0.1) is 0 Å². The Morgan fingerprint density at radius 1 is 1.60 bits per heavy atom. The van der Waals surface area contributed by atoms with Crippen LogP contribution < -0.4 is 5.32 Å². The highest BCUT2D eigenvalue weighted by Crippen LogP contribution is 2.13. The fourth-order valence-corrected chi connectivity index (χ4v) is 2.10. The van der Waals surface area contributed by atoms with E-state index in [4.69, 9.17) is 4.52 Å². The molecule has 1 aliphatic rings. The third-order valence-corrected chi connectivity index (χ3v) is 2.74. The van der Waals surface area contributed by atoms with Crippen molar-refractivity contribution in [2.24, 2.45) is 0 Å². The van der Waals surface area contributed by atoms with Crippen LogP contribution in [-0.4, -0.2) is 35.2 Å². The van der Waals surface area contributed by atoms with Gasteiger partial charge >= 0.3 is 0 Å². The molecule has 1 saturated heterocycles. The maximum Gasteiger partial charge on any atom is 0.150 e. The smallest absolute Gasteiger partial charge is 0.150 e. The van der Waals surface area contributed by atoms with Gasteiger partial charge in [-0.2, -0.15) is 0 Å². The molecule has 4 nitrogen and oxygen atoms in total. The zero-order chi connectivity index (χ0) is 10.7. The summed E-state index contributed by atoms with van der Waals surface area (Å²) in [5.41, 5.74) is 0.191. The van der Waals surface area contributed by atoms with Crippen molar-refractivity contribution in [3.8, 4) is 0 Å². The normalized spacial score (nSPS) is 22.5. The molecule has 0 saturated carbocycles. The molecule has 0 spiro atoms. The highest BCUT2D eigenvalue weighted by Gasteiger charge is 2.24. The molecular weight excluding hydrogens is 190 g/mol. The first-order valence-electron chi connectivity index (χ1n) is 5.53. The molecule has 1 aliphatic heterocycles. The van der Waals surface area contributed by atoms with Crippen LogP contribution in [0.25, 0.3) is 0 Å². The number of aromatic nitrogens is 1. The third kappa shape index (κ3) is 3.04. The van der Waals surface area contributed by atoms with Crippen molar-refractivity contribution in [1.29, 1.82) is 0 Å². The first-order valence-corrected chi connectivity index (χ1v) is 5.53. The number of nitrogens with zero attached hydrogens (tertiary/aromatic N) is 2. The molecule has 1 fully saturated rings. The maximum atomic E-state index is 5.13. The molecule has 0 aliphatic carbocycles. The molecular formula is C11H19N3O. The van der Waals surface area contributed by atoms with Crippen molar-refractivity contribution in [3.63, 3.8) is 0 Å². The fourth-order valence-electron chi connectivity index (χ4n) is 2.10. The molecule has 0 aromatic carbocycles.